The van der Waals surface area contributed by atoms with E-state index >= 15 is 0 Å². The number of fused-ring (bicyclic) bond motifs is 1. The van der Waals surface area contributed by atoms with E-state index in [2.05, 4.69) is 36.5 Å². The largest absolute Gasteiger partial charge is 0.454 e. The molecular formula is C21H16BrN5O5. The lowest BCUT2D eigenvalue weighted by Crippen LogP contribution is -2.38. The Bertz CT molecular complexity index is 1220. The zero-order valence-corrected chi connectivity index (χ0v) is 18.2. The van der Waals surface area contributed by atoms with Gasteiger partial charge in [0, 0.05) is 28.6 Å². The molecule has 1 N–H and O–H groups in total. The number of nitrogens with zero attached hydrogens (tertiary/aromatic N) is 4. The first-order valence-electron chi connectivity index (χ1n) is 9.72. The van der Waals surface area contributed by atoms with Crippen LogP contribution >= 0.6 is 15.9 Å². The molecule has 3 aromatic rings. The molecule has 0 aliphatic carbocycles. The second kappa shape index (κ2) is 8.42. The number of carbonyl (C=O) groups is 2. The summed E-state index contributed by atoms with van der Waals surface area (Å²) in [6.45, 7) is -0.0477. The van der Waals surface area contributed by atoms with Crippen LogP contribution in [0.1, 0.15) is 18.7 Å². The van der Waals surface area contributed by atoms with Crippen molar-refractivity contribution in [3.05, 3.63) is 52.8 Å². The van der Waals surface area contributed by atoms with Gasteiger partial charge in [-0.25, -0.2) is 5.01 Å². The van der Waals surface area contributed by atoms with E-state index in [1.54, 1.807) is 30.3 Å². The molecule has 1 aromatic heterocycles. The van der Waals surface area contributed by atoms with Crippen molar-refractivity contribution in [2.75, 3.05) is 18.7 Å². The van der Waals surface area contributed by atoms with E-state index < -0.39 is 0 Å². The highest BCUT2D eigenvalue weighted by atomic mass is 79.9. The molecule has 0 atom stereocenters. The quantitative estimate of drug-likeness (QED) is 0.574. The number of halogens is 1. The summed E-state index contributed by atoms with van der Waals surface area (Å²) in [6.07, 6.45) is 0.526. The van der Waals surface area contributed by atoms with Crippen molar-refractivity contribution in [1.29, 1.82) is 0 Å². The Kier molecular flexibility index (Phi) is 5.31. The fourth-order valence-electron chi connectivity index (χ4n) is 3.24. The average Bonchev–Trinajstić information content (AvgIpc) is 3.46. The van der Waals surface area contributed by atoms with Crippen molar-refractivity contribution < 1.29 is 23.6 Å². The number of nitrogens with one attached hydrogen (secondary N) is 1. The SMILES string of the molecule is O=C(CN1N=C(c2nc(-c3ccc4c(c3)OCO4)no2)CCC1=O)Nc1ccc(Br)cc1. The highest BCUT2D eigenvalue weighted by Gasteiger charge is 2.27. The topological polar surface area (TPSA) is 119 Å². The van der Waals surface area contributed by atoms with Gasteiger partial charge in [0.15, 0.2) is 11.5 Å². The highest BCUT2D eigenvalue weighted by molar-refractivity contribution is 9.10. The third kappa shape index (κ3) is 4.19. The molecule has 0 bridgehead atoms. The summed E-state index contributed by atoms with van der Waals surface area (Å²) in [6, 6.07) is 12.5. The molecule has 10 nitrogen and oxygen atoms in total. The number of hydrazone groups is 1. The number of rotatable bonds is 5. The summed E-state index contributed by atoms with van der Waals surface area (Å²) in [7, 11) is 0. The van der Waals surface area contributed by atoms with Crippen LogP contribution in [0.4, 0.5) is 5.69 Å². The van der Waals surface area contributed by atoms with E-state index in [0.717, 1.165) is 9.48 Å². The molecule has 11 heteroatoms. The lowest BCUT2D eigenvalue weighted by atomic mass is 10.1. The van der Waals surface area contributed by atoms with Gasteiger partial charge in [0.25, 0.3) is 5.89 Å². The van der Waals surface area contributed by atoms with E-state index in [4.69, 9.17) is 14.0 Å². The predicted molar refractivity (Wildman–Crippen MR) is 116 cm³/mol. The van der Waals surface area contributed by atoms with Gasteiger partial charge in [-0.1, -0.05) is 21.1 Å². The maximum atomic E-state index is 12.4. The fraction of sp³-hybridized carbons (Fsp3) is 0.190. The molecule has 2 aliphatic rings. The molecular weight excluding hydrogens is 482 g/mol. The Balaban J connectivity index is 1.30. The second-order valence-corrected chi connectivity index (χ2v) is 7.96. The van der Waals surface area contributed by atoms with Crippen LogP contribution in [0.5, 0.6) is 11.5 Å². The van der Waals surface area contributed by atoms with Crippen molar-refractivity contribution in [1.82, 2.24) is 15.1 Å². The number of amides is 2. The Morgan fingerprint density at radius 1 is 1.09 bits per heavy atom. The molecule has 3 heterocycles. The number of aromatic nitrogens is 2. The monoisotopic (exact) mass is 497 g/mol. The number of ether oxygens (including phenoxy) is 2. The van der Waals surface area contributed by atoms with Gasteiger partial charge in [-0.2, -0.15) is 10.1 Å². The van der Waals surface area contributed by atoms with Crippen molar-refractivity contribution in [2.45, 2.75) is 12.8 Å². The zero-order chi connectivity index (χ0) is 22.1. The van der Waals surface area contributed by atoms with Crippen molar-refractivity contribution in [3.8, 4) is 22.9 Å². The summed E-state index contributed by atoms with van der Waals surface area (Å²) < 4.78 is 17.0. The smallest absolute Gasteiger partial charge is 0.274 e. The summed E-state index contributed by atoms with van der Waals surface area (Å²) in [5.41, 5.74) is 1.76. The Morgan fingerprint density at radius 2 is 1.91 bits per heavy atom. The number of anilines is 1. The van der Waals surface area contributed by atoms with Gasteiger partial charge in [-0.15, -0.1) is 0 Å². The number of carbonyl (C=O) groups excluding carboxylic acids is 2. The van der Waals surface area contributed by atoms with Gasteiger partial charge < -0.3 is 19.3 Å². The molecule has 0 saturated heterocycles. The van der Waals surface area contributed by atoms with Gasteiger partial charge in [-0.05, 0) is 42.5 Å². The van der Waals surface area contributed by atoms with E-state index in [-0.39, 0.29) is 37.5 Å². The first-order chi connectivity index (χ1) is 15.5. The predicted octanol–water partition coefficient (Wildman–Crippen LogP) is 3.19. The van der Waals surface area contributed by atoms with Crippen molar-refractivity contribution in [3.63, 3.8) is 0 Å². The van der Waals surface area contributed by atoms with E-state index in [0.29, 0.717) is 40.7 Å². The molecule has 0 spiro atoms. The Labute approximate surface area is 190 Å². The van der Waals surface area contributed by atoms with E-state index in [1.807, 2.05) is 12.1 Å². The molecule has 32 heavy (non-hydrogen) atoms. The van der Waals surface area contributed by atoms with Gasteiger partial charge in [0.2, 0.25) is 24.4 Å². The summed E-state index contributed by atoms with van der Waals surface area (Å²) >= 11 is 3.34. The second-order valence-electron chi connectivity index (χ2n) is 7.04. The summed E-state index contributed by atoms with van der Waals surface area (Å²) in [5.74, 6) is 1.20. The van der Waals surface area contributed by atoms with Gasteiger partial charge in [0.1, 0.15) is 12.3 Å². The first-order valence-corrected chi connectivity index (χ1v) is 10.5. The van der Waals surface area contributed by atoms with Crippen molar-refractivity contribution in [2.24, 2.45) is 5.10 Å². The maximum Gasteiger partial charge on any atom is 0.274 e. The minimum Gasteiger partial charge on any atom is -0.454 e. The molecule has 2 aliphatic heterocycles. The number of benzene rings is 2. The Hall–Kier alpha value is -3.73. The number of hydrogen-bond acceptors (Lipinski definition) is 8. The van der Waals surface area contributed by atoms with E-state index in [1.165, 1.54) is 0 Å². The van der Waals surface area contributed by atoms with Crippen LogP contribution in [0.2, 0.25) is 0 Å². The highest BCUT2D eigenvalue weighted by Crippen LogP contribution is 2.35. The van der Waals surface area contributed by atoms with Crippen LogP contribution in [0, 0.1) is 0 Å². The molecule has 5 rings (SSSR count). The molecule has 0 fully saturated rings. The molecule has 2 aromatic carbocycles. The van der Waals surface area contributed by atoms with Crippen LogP contribution < -0.4 is 14.8 Å². The van der Waals surface area contributed by atoms with Gasteiger partial charge in [-0.3, -0.25) is 9.59 Å². The maximum absolute atomic E-state index is 12.4. The van der Waals surface area contributed by atoms with Crippen LogP contribution in [0.15, 0.2) is 56.6 Å². The lowest BCUT2D eigenvalue weighted by molar-refractivity contribution is -0.135. The normalized spacial score (nSPS) is 15.0. The molecule has 162 valence electrons. The third-order valence-corrected chi connectivity index (χ3v) is 5.36. The van der Waals surface area contributed by atoms with Crippen LogP contribution in [-0.4, -0.2) is 46.0 Å². The summed E-state index contributed by atoms with van der Waals surface area (Å²) in [4.78, 5) is 29.1. The molecule has 0 unspecified atom stereocenters. The van der Waals surface area contributed by atoms with Gasteiger partial charge >= 0.3 is 0 Å². The average molecular weight is 498 g/mol. The molecule has 2 amide bonds. The standard InChI is InChI=1S/C21H16BrN5O5/c22-13-2-4-14(5-3-13)23-18(28)10-27-19(29)8-6-15(25-27)21-24-20(26-32-21)12-1-7-16-17(9-12)31-11-30-16/h1-5,7,9H,6,8,10-11H2,(H,23,28). The Morgan fingerprint density at radius 3 is 2.75 bits per heavy atom. The fourth-order valence-corrected chi connectivity index (χ4v) is 3.51. The van der Waals surface area contributed by atoms with Crippen LogP contribution in [0.3, 0.4) is 0 Å². The number of hydrogen-bond donors (Lipinski definition) is 1. The van der Waals surface area contributed by atoms with Gasteiger partial charge in [0.05, 0.1) is 0 Å². The van der Waals surface area contributed by atoms with E-state index in [9.17, 15) is 9.59 Å². The third-order valence-electron chi connectivity index (χ3n) is 4.83. The zero-order valence-electron chi connectivity index (χ0n) is 16.6. The first kappa shape index (κ1) is 20.2. The summed E-state index contributed by atoms with van der Waals surface area (Å²) in [5, 5.41) is 12.2. The lowest BCUT2D eigenvalue weighted by Gasteiger charge is -2.21. The van der Waals surface area contributed by atoms with Crippen LogP contribution in [0.25, 0.3) is 11.4 Å². The minimum absolute atomic E-state index is 0.173. The minimum atomic E-state index is -0.364. The van der Waals surface area contributed by atoms with Crippen molar-refractivity contribution >= 4 is 39.1 Å². The molecule has 0 saturated carbocycles. The molecule has 0 radical (unpaired) electrons. The van der Waals surface area contributed by atoms with Crippen LogP contribution in [-0.2, 0) is 9.59 Å².